The molecule has 0 aliphatic rings. The zero-order valence-corrected chi connectivity index (χ0v) is 15.0. The van der Waals surface area contributed by atoms with Gasteiger partial charge >= 0.3 is 0 Å². The lowest BCUT2D eigenvalue weighted by atomic mass is 10.2. The van der Waals surface area contributed by atoms with Crippen molar-refractivity contribution in [1.29, 1.82) is 0 Å². The summed E-state index contributed by atoms with van der Waals surface area (Å²) < 4.78 is 1.63. The van der Waals surface area contributed by atoms with Gasteiger partial charge in [0.25, 0.3) is 11.8 Å². The van der Waals surface area contributed by atoms with Crippen LogP contribution in [0, 0.1) is 0 Å². The molecule has 132 valence electrons. The summed E-state index contributed by atoms with van der Waals surface area (Å²) in [6.07, 6.45) is 1.67. The number of anilines is 2. The van der Waals surface area contributed by atoms with Crippen LogP contribution in [0.2, 0.25) is 0 Å². The molecule has 0 atom stereocenters. The third-order valence-corrected chi connectivity index (χ3v) is 4.17. The van der Waals surface area contributed by atoms with Crippen molar-refractivity contribution in [3.05, 3.63) is 78.2 Å². The van der Waals surface area contributed by atoms with Gasteiger partial charge in [0.2, 0.25) is 5.82 Å². The molecule has 3 rings (SSSR count). The van der Waals surface area contributed by atoms with Crippen molar-refractivity contribution in [2.75, 3.05) is 23.9 Å². The van der Waals surface area contributed by atoms with Gasteiger partial charge in [0.15, 0.2) is 5.82 Å². The Morgan fingerprint density at radius 3 is 2.04 bits per heavy atom. The first-order valence-electron chi connectivity index (χ1n) is 8.18. The van der Waals surface area contributed by atoms with Crippen LogP contribution in [-0.2, 0) is 7.05 Å². The lowest BCUT2D eigenvalue weighted by Gasteiger charge is -2.16. The highest BCUT2D eigenvalue weighted by Gasteiger charge is 2.22. The van der Waals surface area contributed by atoms with Crippen LogP contribution in [0.3, 0.4) is 0 Å². The minimum absolute atomic E-state index is 0.181. The summed E-state index contributed by atoms with van der Waals surface area (Å²) in [6, 6.07) is 18.3. The van der Waals surface area contributed by atoms with E-state index >= 15 is 0 Å². The summed E-state index contributed by atoms with van der Waals surface area (Å²) in [6.45, 7) is 0. The van der Waals surface area contributed by atoms with Crippen molar-refractivity contribution in [3.63, 3.8) is 0 Å². The number of aromatic nitrogens is 2. The quantitative estimate of drug-likeness (QED) is 0.728. The second-order valence-corrected chi connectivity index (χ2v) is 5.96. The average Bonchev–Trinajstić information content (AvgIpc) is 3.08. The van der Waals surface area contributed by atoms with Crippen LogP contribution in [0.1, 0.15) is 21.0 Å². The summed E-state index contributed by atoms with van der Waals surface area (Å²) >= 11 is 0. The first-order chi connectivity index (χ1) is 12.5. The second-order valence-electron chi connectivity index (χ2n) is 5.96. The third kappa shape index (κ3) is 3.35. The Bertz CT molecular complexity index is 919. The molecule has 0 bridgehead atoms. The van der Waals surface area contributed by atoms with Crippen molar-refractivity contribution >= 4 is 23.3 Å². The first-order valence-corrected chi connectivity index (χ1v) is 8.18. The predicted octanol–water partition coefficient (Wildman–Crippen LogP) is 2.97. The summed E-state index contributed by atoms with van der Waals surface area (Å²) in [5.74, 6) is 0.259. The first kappa shape index (κ1) is 17.4. The minimum Gasteiger partial charge on any atom is -0.328 e. The van der Waals surface area contributed by atoms with Gasteiger partial charge in [0.05, 0.1) is 0 Å². The van der Waals surface area contributed by atoms with E-state index < -0.39 is 0 Å². The number of hydrogen-bond acceptors (Lipinski definition) is 3. The highest BCUT2D eigenvalue weighted by Crippen LogP contribution is 2.18. The van der Waals surface area contributed by atoms with E-state index in [1.54, 1.807) is 44.0 Å². The Morgan fingerprint density at radius 2 is 1.42 bits per heavy atom. The number of aryl methyl sites for hydroxylation is 1. The molecule has 2 aromatic carbocycles. The van der Waals surface area contributed by atoms with Crippen LogP contribution < -0.4 is 9.80 Å². The monoisotopic (exact) mass is 348 g/mol. The van der Waals surface area contributed by atoms with Crippen molar-refractivity contribution in [2.24, 2.45) is 7.05 Å². The number of carbonyl (C=O) groups excluding carboxylic acids is 2. The second kappa shape index (κ2) is 7.23. The number of rotatable bonds is 4. The fourth-order valence-corrected chi connectivity index (χ4v) is 2.61. The molecule has 0 saturated carbocycles. The molecule has 26 heavy (non-hydrogen) atoms. The van der Waals surface area contributed by atoms with Crippen LogP contribution in [0.25, 0.3) is 0 Å². The third-order valence-electron chi connectivity index (χ3n) is 4.17. The summed E-state index contributed by atoms with van der Waals surface area (Å²) in [5.41, 5.74) is 1.34. The van der Waals surface area contributed by atoms with Gasteiger partial charge in [0, 0.05) is 38.6 Å². The molecule has 2 amide bonds. The molecule has 0 aliphatic heterocycles. The molecule has 6 heteroatoms. The number of carbonyl (C=O) groups is 2. The van der Waals surface area contributed by atoms with Crippen LogP contribution in [0.4, 0.5) is 11.5 Å². The van der Waals surface area contributed by atoms with Gasteiger partial charge in [-0.25, -0.2) is 4.98 Å². The van der Waals surface area contributed by atoms with Gasteiger partial charge in [0.1, 0.15) is 0 Å². The van der Waals surface area contributed by atoms with E-state index in [0.29, 0.717) is 11.4 Å². The SMILES string of the molecule is CN(C(=O)c1nc(N(C)C(=O)c2ccccc2)cn1C)c1ccccc1. The van der Waals surface area contributed by atoms with Crippen molar-refractivity contribution in [2.45, 2.75) is 0 Å². The molecule has 1 heterocycles. The maximum absolute atomic E-state index is 12.8. The molecule has 1 aromatic heterocycles. The Morgan fingerprint density at radius 1 is 0.846 bits per heavy atom. The molecule has 6 nitrogen and oxygen atoms in total. The maximum atomic E-state index is 12.8. The van der Waals surface area contributed by atoms with Gasteiger partial charge < -0.3 is 9.47 Å². The molecule has 0 fully saturated rings. The van der Waals surface area contributed by atoms with E-state index in [2.05, 4.69) is 4.98 Å². The topological polar surface area (TPSA) is 58.4 Å². The highest BCUT2D eigenvalue weighted by atomic mass is 16.2. The predicted molar refractivity (Wildman–Crippen MR) is 102 cm³/mol. The number of benzene rings is 2. The molecule has 0 aliphatic carbocycles. The van der Waals surface area contributed by atoms with Crippen molar-refractivity contribution in [1.82, 2.24) is 9.55 Å². The Hall–Kier alpha value is -3.41. The van der Waals surface area contributed by atoms with Crippen LogP contribution >= 0.6 is 0 Å². The smallest absolute Gasteiger partial charge is 0.294 e. The molecular weight excluding hydrogens is 328 g/mol. The van der Waals surface area contributed by atoms with E-state index in [1.807, 2.05) is 48.5 Å². The van der Waals surface area contributed by atoms with Gasteiger partial charge in [-0.1, -0.05) is 36.4 Å². The Kier molecular flexibility index (Phi) is 4.84. The van der Waals surface area contributed by atoms with E-state index in [0.717, 1.165) is 5.69 Å². The number of para-hydroxylation sites is 1. The maximum Gasteiger partial charge on any atom is 0.294 e. The Balaban J connectivity index is 1.85. The average molecular weight is 348 g/mol. The highest BCUT2D eigenvalue weighted by molar-refractivity contribution is 6.06. The summed E-state index contributed by atoms with van der Waals surface area (Å²) in [5, 5.41) is 0. The van der Waals surface area contributed by atoms with Gasteiger partial charge in [-0.2, -0.15) is 0 Å². The number of nitrogens with zero attached hydrogens (tertiary/aromatic N) is 4. The molecular formula is C20H20N4O2. The molecule has 0 unspecified atom stereocenters. The van der Waals surface area contributed by atoms with Crippen LogP contribution in [0.5, 0.6) is 0 Å². The molecule has 0 N–H and O–H groups in total. The van der Waals surface area contributed by atoms with E-state index in [-0.39, 0.29) is 17.6 Å². The lowest BCUT2D eigenvalue weighted by Crippen LogP contribution is -2.29. The van der Waals surface area contributed by atoms with E-state index in [4.69, 9.17) is 0 Å². The summed E-state index contributed by atoms with van der Waals surface area (Å²) in [4.78, 5) is 32.7. The normalized spacial score (nSPS) is 10.4. The Labute approximate surface area is 152 Å². The molecule has 0 radical (unpaired) electrons. The van der Waals surface area contributed by atoms with Gasteiger partial charge in [-0.3, -0.25) is 14.5 Å². The van der Waals surface area contributed by atoms with E-state index in [1.165, 1.54) is 9.80 Å². The minimum atomic E-state index is -0.245. The number of hydrogen-bond donors (Lipinski definition) is 0. The lowest BCUT2D eigenvalue weighted by molar-refractivity contribution is 0.0974. The van der Waals surface area contributed by atoms with Gasteiger partial charge in [-0.15, -0.1) is 0 Å². The number of amides is 2. The number of imidazole rings is 1. The fraction of sp³-hybridized carbons (Fsp3) is 0.150. The zero-order chi connectivity index (χ0) is 18.7. The van der Waals surface area contributed by atoms with Gasteiger partial charge in [-0.05, 0) is 24.3 Å². The molecule has 0 spiro atoms. The van der Waals surface area contributed by atoms with Crippen LogP contribution in [-0.4, -0.2) is 35.5 Å². The van der Waals surface area contributed by atoms with Crippen LogP contribution in [0.15, 0.2) is 66.9 Å². The molecule has 0 saturated heterocycles. The zero-order valence-electron chi connectivity index (χ0n) is 15.0. The van der Waals surface area contributed by atoms with Crippen molar-refractivity contribution < 1.29 is 9.59 Å². The summed E-state index contributed by atoms with van der Waals surface area (Å²) in [7, 11) is 5.08. The molecule has 3 aromatic rings. The largest absolute Gasteiger partial charge is 0.328 e. The van der Waals surface area contributed by atoms with Crippen molar-refractivity contribution in [3.8, 4) is 0 Å². The standard InChI is InChI=1S/C20H20N4O2/c1-22-14-17(24(3)19(25)15-10-6-4-7-11-15)21-18(22)20(26)23(2)16-12-8-5-9-13-16/h4-14H,1-3H3. The fourth-order valence-electron chi connectivity index (χ4n) is 2.61. The van der Waals surface area contributed by atoms with E-state index in [9.17, 15) is 9.59 Å².